The van der Waals surface area contributed by atoms with Crippen LogP contribution >= 0.6 is 22.9 Å². The van der Waals surface area contributed by atoms with E-state index in [1.165, 1.54) is 22.6 Å². The van der Waals surface area contributed by atoms with E-state index < -0.39 is 0 Å². The van der Waals surface area contributed by atoms with Crippen molar-refractivity contribution in [1.29, 1.82) is 0 Å². The van der Waals surface area contributed by atoms with Crippen LogP contribution in [0.4, 0.5) is 5.69 Å². The fraction of sp³-hybridized carbons (Fsp3) is 0.346. The molecule has 2 aromatic carbocycles. The summed E-state index contributed by atoms with van der Waals surface area (Å²) in [4.78, 5) is 17.9. The van der Waals surface area contributed by atoms with Crippen LogP contribution < -0.4 is 15.0 Å². The molecule has 1 unspecified atom stereocenters. The van der Waals surface area contributed by atoms with Crippen molar-refractivity contribution in [3.8, 4) is 5.75 Å². The first-order valence-corrected chi connectivity index (χ1v) is 12.5. The van der Waals surface area contributed by atoms with Crippen molar-refractivity contribution in [1.82, 2.24) is 10.2 Å². The zero-order chi connectivity index (χ0) is 23.2. The van der Waals surface area contributed by atoms with Gasteiger partial charge in [0.15, 0.2) is 0 Å². The lowest BCUT2D eigenvalue weighted by molar-refractivity contribution is 0.0935. The van der Waals surface area contributed by atoms with E-state index in [-0.39, 0.29) is 12.0 Å². The van der Waals surface area contributed by atoms with E-state index in [0.717, 1.165) is 53.9 Å². The molecule has 7 heteroatoms. The second-order valence-electron chi connectivity index (χ2n) is 8.46. The molecular weight excluding hydrogens is 454 g/mol. The number of rotatable bonds is 8. The maximum atomic E-state index is 12.3. The molecule has 2 heterocycles. The summed E-state index contributed by atoms with van der Waals surface area (Å²) >= 11 is 7.61. The molecule has 1 aliphatic rings. The van der Waals surface area contributed by atoms with Gasteiger partial charge in [-0.2, -0.15) is 0 Å². The van der Waals surface area contributed by atoms with Crippen molar-refractivity contribution in [2.24, 2.45) is 0 Å². The number of thiophene rings is 1. The predicted octanol–water partition coefficient (Wildman–Crippen LogP) is 5.23. The number of halogens is 1. The molecule has 3 aromatic rings. The Labute approximate surface area is 204 Å². The topological polar surface area (TPSA) is 44.8 Å². The van der Waals surface area contributed by atoms with Gasteiger partial charge in [0.25, 0.3) is 5.91 Å². The number of hydrogen-bond acceptors (Lipinski definition) is 5. The fourth-order valence-electron chi connectivity index (χ4n) is 4.01. The Bertz CT molecular complexity index is 1080. The molecule has 33 heavy (non-hydrogen) atoms. The molecule has 1 aliphatic heterocycles. The lowest BCUT2D eigenvalue weighted by Gasteiger charge is -2.36. The first-order valence-electron chi connectivity index (χ1n) is 11.3. The van der Waals surface area contributed by atoms with E-state index >= 15 is 0 Å². The molecule has 0 aliphatic carbocycles. The van der Waals surface area contributed by atoms with E-state index in [0.29, 0.717) is 6.54 Å². The zero-order valence-corrected chi connectivity index (χ0v) is 20.7. The third-order valence-electron chi connectivity index (χ3n) is 5.81. The average Bonchev–Trinajstić information content (AvgIpc) is 3.24. The van der Waals surface area contributed by atoms with Crippen LogP contribution in [-0.4, -0.2) is 49.6 Å². The number of hydrogen-bond donors (Lipinski definition) is 1. The highest BCUT2D eigenvalue weighted by atomic mass is 35.5. The van der Waals surface area contributed by atoms with Crippen molar-refractivity contribution in [2.45, 2.75) is 26.5 Å². The van der Waals surface area contributed by atoms with Crippen LogP contribution in [0.5, 0.6) is 5.75 Å². The number of carbonyl (C=O) groups is 1. The zero-order valence-electron chi connectivity index (χ0n) is 19.1. The normalized spacial score (nSPS) is 15.3. The second-order valence-corrected chi connectivity index (χ2v) is 9.81. The Balaban J connectivity index is 1.25. The van der Waals surface area contributed by atoms with Gasteiger partial charge in [-0.05, 0) is 66.8 Å². The molecule has 5 nitrogen and oxygen atoms in total. The summed E-state index contributed by atoms with van der Waals surface area (Å²) < 4.78 is 6.08. The monoisotopic (exact) mass is 483 g/mol. The summed E-state index contributed by atoms with van der Waals surface area (Å²) in [5.74, 6) is 0.794. The van der Waals surface area contributed by atoms with Gasteiger partial charge in [-0.25, -0.2) is 0 Å². The molecular formula is C26H30ClN3O2S. The number of benzene rings is 2. The van der Waals surface area contributed by atoms with Gasteiger partial charge in [-0.15, -0.1) is 11.3 Å². The molecule has 1 aromatic heterocycles. The molecule has 0 spiro atoms. The van der Waals surface area contributed by atoms with Gasteiger partial charge < -0.3 is 15.0 Å². The van der Waals surface area contributed by atoms with E-state index in [1.807, 2.05) is 55.6 Å². The molecule has 1 N–H and O–H groups in total. The first-order chi connectivity index (χ1) is 16.0. The fourth-order valence-corrected chi connectivity index (χ4v) is 5.03. The van der Waals surface area contributed by atoms with Crippen LogP contribution in [0.25, 0.3) is 0 Å². The lowest BCUT2D eigenvalue weighted by Crippen LogP contribution is -2.45. The second kappa shape index (κ2) is 11.1. The van der Waals surface area contributed by atoms with E-state index in [4.69, 9.17) is 16.3 Å². The molecule has 0 saturated carbocycles. The minimum Gasteiger partial charge on any atom is -0.489 e. The van der Waals surface area contributed by atoms with Crippen LogP contribution in [0.2, 0.25) is 5.02 Å². The summed E-state index contributed by atoms with van der Waals surface area (Å²) in [6, 6.07) is 18.3. The van der Waals surface area contributed by atoms with Crippen molar-refractivity contribution in [3.05, 3.63) is 81.0 Å². The number of nitrogens with zero attached hydrogens (tertiary/aromatic N) is 2. The van der Waals surface area contributed by atoms with Crippen LogP contribution in [0.15, 0.2) is 60.0 Å². The van der Waals surface area contributed by atoms with Gasteiger partial charge in [-0.3, -0.25) is 9.69 Å². The van der Waals surface area contributed by atoms with E-state index in [1.54, 1.807) is 0 Å². The number of carbonyl (C=O) groups excluding carboxylic acids is 1. The van der Waals surface area contributed by atoms with E-state index in [2.05, 4.69) is 33.3 Å². The Morgan fingerprint density at radius 1 is 1.12 bits per heavy atom. The number of anilines is 1. The SMILES string of the molecule is Cc1ccsc1C(=O)NCC(C)Oc1cccc(CN2CCN(c3cccc(Cl)c3)CC2)c1. The van der Waals surface area contributed by atoms with Crippen LogP contribution in [0.1, 0.15) is 27.7 Å². The lowest BCUT2D eigenvalue weighted by atomic mass is 10.1. The van der Waals surface area contributed by atoms with Gasteiger partial charge in [0.2, 0.25) is 0 Å². The quantitative estimate of drug-likeness (QED) is 0.476. The molecule has 1 atom stereocenters. The Morgan fingerprint density at radius 2 is 1.91 bits per heavy atom. The van der Waals surface area contributed by atoms with Crippen molar-refractivity contribution in [2.75, 3.05) is 37.6 Å². The first kappa shape index (κ1) is 23.6. The Kier molecular flexibility index (Phi) is 7.91. The third-order valence-corrected chi connectivity index (χ3v) is 7.06. The van der Waals surface area contributed by atoms with Gasteiger partial charge in [-0.1, -0.05) is 29.8 Å². The van der Waals surface area contributed by atoms with Gasteiger partial charge in [0.1, 0.15) is 11.9 Å². The minimum atomic E-state index is -0.120. The van der Waals surface area contributed by atoms with Crippen molar-refractivity contribution < 1.29 is 9.53 Å². The van der Waals surface area contributed by atoms with Crippen molar-refractivity contribution in [3.63, 3.8) is 0 Å². The van der Waals surface area contributed by atoms with Crippen LogP contribution in [0, 0.1) is 6.92 Å². The van der Waals surface area contributed by atoms with Gasteiger partial charge in [0.05, 0.1) is 11.4 Å². The highest BCUT2D eigenvalue weighted by Crippen LogP contribution is 2.22. The third kappa shape index (κ3) is 6.50. The summed E-state index contributed by atoms with van der Waals surface area (Å²) in [5.41, 5.74) is 3.43. The molecule has 174 valence electrons. The summed E-state index contributed by atoms with van der Waals surface area (Å²) in [6.45, 7) is 9.25. The Hall–Kier alpha value is -2.54. The summed E-state index contributed by atoms with van der Waals surface area (Å²) in [7, 11) is 0. The summed E-state index contributed by atoms with van der Waals surface area (Å²) in [5, 5.41) is 5.69. The van der Waals surface area contributed by atoms with Gasteiger partial charge >= 0.3 is 0 Å². The average molecular weight is 484 g/mol. The Morgan fingerprint density at radius 3 is 2.64 bits per heavy atom. The maximum Gasteiger partial charge on any atom is 0.261 e. The van der Waals surface area contributed by atoms with E-state index in [9.17, 15) is 4.79 Å². The molecule has 1 fully saturated rings. The summed E-state index contributed by atoms with van der Waals surface area (Å²) in [6.07, 6.45) is -0.120. The highest BCUT2D eigenvalue weighted by Gasteiger charge is 2.18. The molecule has 0 radical (unpaired) electrons. The molecule has 4 rings (SSSR count). The number of nitrogens with one attached hydrogen (secondary N) is 1. The van der Waals surface area contributed by atoms with Gasteiger partial charge in [0, 0.05) is 43.4 Å². The highest BCUT2D eigenvalue weighted by molar-refractivity contribution is 7.12. The number of piperazine rings is 1. The molecule has 0 bridgehead atoms. The van der Waals surface area contributed by atoms with Crippen molar-refractivity contribution >= 4 is 34.5 Å². The smallest absolute Gasteiger partial charge is 0.261 e. The van der Waals surface area contributed by atoms with Crippen LogP contribution in [-0.2, 0) is 6.54 Å². The number of ether oxygens (including phenoxy) is 1. The molecule has 1 amide bonds. The number of amides is 1. The maximum absolute atomic E-state index is 12.3. The minimum absolute atomic E-state index is 0.0383. The predicted molar refractivity (Wildman–Crippen MR) is 137 cm³/mol. The molecule has 1 saturated heterocycles. The number of aryl methyl sites for hydroxylation is 1. The van der Waals surface area contributed by atoms with Crippen LogP contribution in [0.3, 0.4) is 0 Å². The largest absolute Gasteiger partial charge is 0.489 e. The standard InChI is InChI=1S/C26H30ClN3O2S/c1-19-9-14-33-25(19)26(31)28-17-20(2)32-24-8-3-5-21(15-24)18-29-10-12-30(13-11-29)23-7-4-6-22(27)16-23/h3-9,14-16,20H,10-13,17-18H2,1-2H3,(H,28,31).